The van der Waals surface area contributed by atoms with E-state index in [1.54, 1.807) is 12.4 Å². The summed E-state index contributed by atoms with van der Waals surface area (Å²) in [5, 5.41) is 14.5. The smallest absolute Gasteiger partial charge is 0.225 e. The van der Waals surface area contributed by atoms with E-state index in [2.05, 4.69) is 39.3 Å². The zero-order chi connectivity index (χ0) is 28.5. The van der Waals surface area contributed by atoms with Crippen LogP contribution in [0.4, 0.5) is 5.82 Å². The Kier molecular flexibility index (Phi) is 10.2. The van der Waals surface area contributed by atoms with E-state index in [-0.39, 0.29) is 11.8 Å². The monoisotopic (exact) mass is 544 g/mol. The van der Waals surface area contributed by atoms with Crippen LogP contribution in [0.25, 0.3) is 16.6 Å². The molecule has 1 amide bonds. The molecule has 0 unspecified atom stereocenters. The van der Waals surface area contributed by atoms with Crippen LogP contribution in [0, 0.1) is 23.2 Å². The van der Waals surface area contributed by atoms with Crippen molar-refractivity contribution in [2.45, 2.75) is 58.8 Å². The highest BCUT2D eigenvalue weighted by Crippen LogP contribution is 2.27. The van der Waals surface area contributed by atoms with Gasteiger partial charge in [-0.1, -0.05) is 33.1 Å². The standard InChI is InChI=1S/C31H44N8O/c1-21(2)24(16-32)15-29(34)38-30-9-8-27-28(37-30)14-25(20-36-27)26(17-33)19-35-18-22-10-12-39(13-11-22)31(40)23-6-4-3-5-7-23/h8-9,14-17,19-23,33,35H,3-7,10-13,18,32,34H2,1-2H3,(H,37,38)/b24-16+,26-19+,29-15+,33-17?. The molecule has 0 atom stereocenters. The van der Waals surface area contributed by atoms with E-state index in [1.165, 1.54) is 25.5 Å². The first-order valence-electron chi connectivity index (χ1n) is 14.5. The highest BCUT2D eigenvalue weighted by atomic mass is 16.2. The van der Waals surface area contributed by atoms with Crippen molar-refractivity contribution in [1.29, 1.82) is 5.41 Å². The number of likely N-dealkylation sites (tertiary alicyclic amines) is 1. The molecule has 2 aliphatic rings. The molecular formula is C31H44N8O. The van der Waals surface area contributed by atoms with Crippen LogP contribution in [-0.4, -0.2) is 46.6 Å². The molecule has 2 aromatic heterocycles. The molecule has 7 N–H and O–H groups in total. The molecule has 1 saturated heterocycles. The molecule has 2 aromatic rings. The average Bonchev–Trinajstić information content (AvgIpc) is 2.98. The van der Waals surface area contributed by atoms with Crippen molar-refractivity contribution in [2.75, 3.05) is 25.0 Å². The van der Waals surface area contributed by atoms with Crippen LogP contribution in [-0.2, 0) is 4.79 Å². The molecule has 0 spiro atoms. The number of carbonyl (C=O) groups excluding carboxylic acids is 1. The van der Waals surface area contributed by atoms with Gasteiger partial charge in [-0.3, -0.25) is 9.78 Å². The summed E-state index contributed by atoms with van der Waals surface area (Å²) in [6.45, 7) is 6.62. The highest BCUT2D eigenvalue weighted by molar-refractivity contribution is 6.08. The van der Waals surface area contributed by atoms with Crippen molar-refractivity contribution in [3.05, 3.63) is 59.8 Å². The zero-order valence-electron chi connectivity index (χ0n) is 23.8. The number of allylic oxidation sites excluding steroid dienone is 3. The van der Waals surface area contributed by atoms with Gasteiger partial charge in [-0.25, -0.2) is 4.98 Å². The Morgan fingerprint density at radius 3 is 2.58 bits per heavy atom. The lowest BCUT2D eigenvalue weighted by Crippen LogP contribution is -2.43. The third-order valence-electron chi connectivity index (χ3n) is 8.02. The largest absolute Gasteiger partial charge is 0.404 e. The van der Waals surface area contributed by atoms with Crippen LogP contribution in [0.5, 0.6) is 0 Å². The lowest BCUT2D eigenvalue weighted by atomic mass is 9.87. The van der Waals surface area contributed by atoms with Gasteiger partial charge in [0.25, 0.3) is 0 Å². The second-order valence-corrected chi connectivity index (χ2v) is 11.3. The molecule has 1 aliphatic heterocycles. The Morgan fingerprint density at radius 1 is 1.15 bits per heavy atom. The summed E-state index contributed by atoms with van der Waals surface area (Å²) < 4.78 is 0. The molecular weight excluding hydrogens is 500 g/mol. The SMILES string of the molecule is CC(C)C(=C/N)/C=C(\N)Nc1ccc2ncc(/C(C=N)=C/NCC3CCN(C(=O)C4CCCCC4)CC3)cc2n1. The molecule has 214 valence electrons. The number of aromatic nitrogens is 2. The van der Waals surface area contributed by atoms with E-state index in [0.717, 1.165) is 67.5 Å². The van der Waals surface area contributed by atoms with Crippen molar-refractivity contribution in [3.63, 3.8) is 0 Å². The quantitative estimate of drug-likeness (QED) is 0.214. The molecule has 0 radical (unpaired) electrons. The first-order chi connectivity index (χ1) is 19.4. The molecule has 0 bridgehead atoms. The fraction of sp³-hybridized carbons (Fsp3) is 0.484. The number of pyridine rings is 2. The predicted octanol–water partition coefficient (Wildman–Crippen LogP) is 4.74. The molecule has 4 rings (SSSR count). The number of anilines is 1. The molecule has 3 heterocycles. The van der Waals surface area contributed by atoms with E-state index in [4.69, 9.17) is 16.9 Å². The fourth-order valence-corrected chi connectivity index (χ4v) is 5.51. The summed E-state index contributed by atoms with van der Waals surface area (Å²) in [7, 11) is 0. The van der Waals surface area contributed by atoms with Crippen LogP contribution >= 0.6 is 0 Å². The number of amides is 1. The van der Waals surface area contributed by atoms with Gasteiger partial charge in [0.05, 0.1) is 11.0 Å². The Labute approximate surface area is 237 Å². The lowest BCUT2D eigenvalue weighted by Gasteiger charge is -2.35. The molecule has 0 aromatic carbocycles. The summed E-state index contributed by atoms with van der Waals surface area (Å²) in [6.07, 6.45) is 16.1. The van der Waals surface area contributed by atoms with Gasteiger partial charge < -0.3 is 32.4 Å². The summed E-state index contributed by atoms with van der Waals surface area (Å²) in [5.74, 6) is 2.44. The molecule has 1 saturated carbocycles. The van der Waals surface area contributed by atoms with Crippen LogP contribution in [0.1, 0.15) is 64.4 Å². The van der Waals surface area contributed by atoms with E-state index in [0.29, 0.717) is 29.0 Å². The Morgan fingerprint density at radius 2 is 1.90 bits per heavy atom. The summed E-state index contributed by atoms with van der Waals surface area (Å²) in [6, 6.07) is 5.65. The average molecular weight is 545 g/mol. The molecule has 9 nitrogen and oxygen atoms in total. The molecule has 1 aliphatic carbocycles. The van der Waals surface area contributed by atoms with Gasteiger partial charge in [-0.15, -0.1) is 0 Å². The van der Waals surface area contributed by atoms with Crippen molar-refractivity contribution < 1.29 is 4.79 Å². The van der Waals surface area contributed by atoms with Gasteiger partial charge in [0.15, 0.2) is 0 Å². The number of nitrogens with one attached hydrogen (secondary N) is 3. The van der Waals surface area contributed by atoms with Crippen LogP contribution in [0.15, 0.2) is 54.3 Å². The van der Waals surface area contributed by atoms with Crippen molar-refractivity contribution >= 4 is 34.5 Å². The van der Waals surface area contributed by atoms with Crippen molar-refractivity contribution in [3.8, 4) is 0 Å². The minimum absolute atomic E-state index is 0.248. The Hall–Kier alpha value is -3.88. The third-order valence-corrected chi connectivity index (χ3v) is 8.02. The third kappa shape index (κ3) is 7.61. The van der Waals surface area contributed by atoms with Crippen molar-refractivity contribution in [2.24, 2.45) is 29.2 Å². The summed E-state index contributed by atoms with van der Waals surface area (Å²) >= 11 is 0. The van der Waals surface area contributed by atoms with Gasteiger partial charge in [0.2, 0.25) is 5.91 Å². The Balaban J connectivity index is 1.34. The molecule has 2 fully saturated rings. The van der Waals surface area contributed by atoms with Gasteiger partial charge in [-0.2, -0.15) is 0 Å². The second kappa shape index (κ2) is 14.0. The number of nitrogens with two attached hydrogens (primary N) is 2. The Bertz CT molecular complexity index is 1270. The number of piperidine rings is 1. The number of carbonyl (C=O) groups is 1. The maximum Gasteiger partial charge on any atom is 0.225 e. The number of hydrogen-bond acceptors (Lipinski definition) is 8. The maximum atomic E-state index is 12.9. The topological polar surface area (TPSA) is 146 Å². The van der Waals surface area contributed by atoms with E-state index in [1.807, 2.05) is 30.5 Å². The first kappa shape index (κ1) is 29.1. The zero-order valence-corrected chi connectivity index (χ0v) is 23.8. The van der Waals surface area contributed by atoms with E-state index < -0.39 is 0 Å². The number of rotatable bonds is 10. The number of fused-ring (bicyclic) bond motifs is 1. The predicted molar refractivity (Wildman–Crippen MR) is 163 cm³/mol. The fourth-order valence-electron chi connectivity index (χ4n) is 5.51. The van der Waals surface area contributed by atoms with E-state index >= 15 is 0 Å². The van der Waals surface area contributed by atoms with Crippen LogP contribution < -0.4 is 22.1 Å². The van der Waals surface area contributed by atoms with Gasteiger partial charge in [-0.05, 0) is 73.6 Å². The minimum Gasteiger partial charge on any atom is -0.404 e. The number of hydrogen-bond donors (Lipinski definition) is 5. The van der Waals surface area contributed by atoms with Crippen molar-refractivity contribution in [1.82, 2.24) is 20.2 Å². The normalized spacial score (nSPS) is 18.3. The highest BCUT2D eigenvalue weighted by Gasteiger charge is 2.28. The molecule has 9 heteroatoms. The summed E-state index contributed by atoms with van der Waals surface area (Å²) in [5.41, 5.74) is 15.8. The second-order valence-electron chi connectivity index (χ2n) is 11.3. The minimum atomic E-state index is 0.248. The van der Waals surface area contributed by atoms with Gasteiger partial charge in [0, 0.05) is 55.3 Å². The van der Waals surface area contributed by atoms with Crippen LogP contribution in [0.2, 0.25) is 0 Å². The molecule has 40 heavy (non-hydrogen) atoms. The van der Waals surface area contributed by atoms with E-state index in [9.17, 15) is 4.79 Å². The maximum absolute atomic E-state index is 12.9. The van der Waals surface area contributed by atoms with Gasteiger partial charge in [0.1, 0.15) is 11.6 Å². The summed E-state index contributed by atoms with van der Waals surface area (Å²) in [4.78, 5) is 24.2. The van der Waals surface area contributed by atoms with Crippen LogP contribution in [0.3, 0.4) is 0 Å². The lowest BCUT2D eigenvalue weighted by molar-refractivity contribution is -0.138. The first-order valence-corrected chi connectivity index (χ1v) is 14.5. The number of nitrogens with zero attached hydrogens (tertiary/aromatic N) is 3. The van der Waals surface area contributed by atoms with Gasteiger partial charge >= 0.3 is 0 Å².